The third kappa shape index (κ3) is 3.84. The molecule has 1 saturated heterocycles. The lowest BCUT2D eigenvalue weighted by Gasteiger charge is -2.24. The molecule has 1 aromatic heterocycles. The smallest absolute Gasteiger partial charge is 0.253 e. The van der Waals surface area contributed by atoms with E-state index in [1.807, 2.05) is 6.07 Å². The summed E-state index contributed by atoms with van der Waals surface area (Å²) in [5.41, 5.74) is 4.24. The predicted molar refractivity (Wildman–Crippen MR) is 115 cm³/mol. The number of nitrogens with zero attached hydrogens (tertiary/aromatic N) is 4. The molecule has 4 rings (SSSR count). The van der Waals surface area contributed by atoms with E-state index in [2.05, 4.69) is 36.9 Å². The normalized spacial score (nSPS) is 14.5. The largest absolute Gasteiger partial charge is 0.354 e. The third-order valence-corrected chi connectivity index (χ3v) is 5.70. The van der Waals surface area contributed by atoms with Crippen LogP contribution in [-0.2, 0) is 0 Å². The molecule has 0 spiro atoms. The highest BCUT2D eigenvalue weighted by atomic mass is 19.1. The molecule has 0 aliphatic carbocycles. The number of hydrogen-bond acceptors (Lipinski definition) is 4. The number of carbonyl (C=O) groups is 1. The predicted octanol–water partition coefficient (Wildman–Crippen LogP) is 4.21. The van der Waals surface area contributed by atoms with E-state index in [0.29, 0.717) is 43.1 Å². The van der Waals surface area contributed by atoms with Gasteiger partial charge in [0, 0.05) is 37.1 Å². The molecule has 30 heavy (non-hydrogen) atoms. The van der Waals surface area contributed by atoms with Crippen molar-refractivity contribution in [2.75, 3.05) is 31.1 Å². The van der Waals surface area contributed by atoms with Crippen molar-refractivity contribution in [2.45, 2.75) is 20.3 Å². The highest BCUT2D eigenvalue weighted by Crippen LogP contribution is 2.26. The van der Waals surface area contributed by atoms with Crippen molar-refractivity contribution in [3.8, 4) is 6.07 Å². The van der Waals surface area contributed by atoms with Crippen LogP contribution < -0.4 is 4.90 Å². The number of amides is 1. The number of carbonyl (C=O) groups excluding carboxylic acids is 1. The summed E-state index contributed by atoms with van der Waals surface area (Å²) in [7, 11) is 0. The van der Waals surface area contributed by atoms with Gasteiger partial charge in [-0.15, -0.1) is 0 Å². The molecule has 1 aliphatic rings. The van der Waals surface area contributed by atoms with Crippen LogP contribution in [0.15, 0.2) is 42.5 Å². The van der Waals surface area contributed by atoms with E-state index >= 15 is 0 Å². The van der Waals surface area contributed by atoms with Crippen molar-refractivity contribution >= 4 is 22.6 Å². The highest BCUT2D eigenvalue weighted by Gasteiger charge is 2.23. The average molecular weight is 402 g/mol. The molecule has 152 valence electrons. The van der Waals surface area contributed by atoms with Gasteiger partial charge in [-0.05, 0) is 73.9 Å². The molecule has 2 heterocycles. The second kappa shape index (κ2) is 8.11. The number of aryl methyl sites for hydroxylation is 2. The number of hydrogen-bond donors (Lipinski definition) is 0. The Kier molecular flexibility index (Phi) is 5.37. The Bertz CT molecular complexity index is 1150. The van der Waals surface area contributed by atoms with Gasteiger partial charge in [-0.1, -0.05) is 0 Å². The molecular formula is C24H23FN4O. The number of anilines is 1. The second-order valence-electron chi connectivity index (χ2n) is 7.74. The summed E-state index contributed by atoms with van der Waals surface area (Å²) in [5, 5.41) is 10.7. The average Bonchev–Trinajstić information content (AvgIpc) is 3.00. The summed E-state index contributed by atoms with van der Waals surface area (Å²) in [6.45, 7) is 6.54. The van der Waals surface area contributed by atoms with E-state index in [0.717, 1.165) is 22.9 Å². The Labute approximate surface area is 175 Å². The molecule has 6 heteroatoms. The molecule has 0 N–H and O–H groups in total. The first-order chi connectivity index (χ1) is 14.5. The summed E-state index contributed by atoms with van der Waals surface area (Å²) in [4.78, 5) is 21.5. The first kappa shape index (κ1) is 19.8. The SMILES string of the molecule is Cc1cc2cc(C#N)c(N3CCCN(C(=O)c4ccc(F)cc4)CC3)nc2cc1C. The fraction of sp³-hybridized carbons (Fsp3) is 0.292. The van der Waals surface area contributed by atoms with E-state index in [-0.39, 0.29) is 11.7 Å². The zero-order valence-electron chi connectivity index (χ0n) is 17.2. The van der Waals surface area contributed by atoms with Gasteiger partial charge in [0.25, 0.3) is 5.91 Å². The van der Waals surface area contributed by atoms with E-state index < -0.39 is 0 Å². The van der Waals surface area contributed by atoms with Crippen molar-refractivity contribution < 1.29 is 9.18 Å². The highest BCUT2D eigenvalue weighted by molar-refractivity contribution is 5.94. The molecular weight excluding hydrogens is 379 g/mol. The molecule has 0 saturated carbocycles. The Morgan fingerprint density at radius 3 is 2.50 bits per heavy atom. The number of fused-ring (bicyclic) bond motifs is 1. The van der Waals surface area contributed by atoms with Crippen LogP contribution in [-0.4, -0.2) is 42.0 Å². The summed E-state index contributed by atoms with van der Waals surface area (Å²) in [5.74, 6) is 0.213. The van der Waals surface area contributed by atoms with Gasteiger partial charge in [0.15, 0.2) is 0 Å². The van der Waals surface area contributed by atoms with Crippen LogP contribution in [0.25, 0.3) is 10.9 Å². The van der Waals surface area contributed by atoms with Gasteiger partial charge in [0.05, 0.1) is 11.1 Å². The topological polar surface area (TPSA) is 60.2 Å². The lowest BCUT2D eigenvalue weighted by Crippen LogP contribution is -2.35. The number of rotatable bonds is 2. The minimum atomic E-state index is -0.356. The van der Waals surface area contributed by atoms with E-state index in [9.17, 15) is 14.4 Å². The number of pyridine rings is 1. The molecule has 0 bridgehead atoms. The fourth-order valence-corrected chi connectivity index (χ4v) is 3.86. The Morgan fingerprint density at radius 2 is 1.77 bits per heavy atom. The van der Waals surface area contributed by atoms with Crippen LogP contribution in [0.2, 0.25) is 0 Å². The van der Waals surface area contributed by atoms with Crippen molar-refractivity contribution in [3.63, 3.8) is 0 Å². The lowest BCUT2D eigenvalue weighted by atomic mass is 10.0. The van der Waals surface area contributed by atoms with Crippen molar-refractivity contribution in [2.24, 2.45) is 0 Å². The van der Waals surface area contributed by atoms with Gasteiger partial charge in [-0.25, -0.2) is 9.37 Å². The fourth-order valence-electron chi connectivity index (χ4n) is 3.86. The molecule has 1 amide bonds. The van der Waals surface area contributed by atoms with Gasteiger partial charge in [0.2, 0.25) is 0 Å². The van der Waals surface area contributed by atoms with E-state index in [1.165, 1.54) is 29.8 Å². The van der Waals surface area contributed by atoms with Crippen molar-refractivity contribution in [1.29, 1.82) is 5.26 Å². The van der Waals surface area contributed by atoms with Gasteiger partial charge in [0.1, 0.15) is 17.7 Å². The van der Waals surface area contributed by atoms with Gasteiger partial charge in [-0.2, -0.15) is 5.26 Å². The number of aromatic nitrogens is 1. The van der Waals surface area contributed by atoms with Crippen LogP contribution in [0.4, 0.5) is 10.2 Å². The number of benzene rings is 2. The molecule has 2 aromatic carbocycles. The van der Waals surface area contributed by atoms with Gasteiger partial charge in [-0.3, -0.25) is 4.79 Å². The van der Waals surface area contributed by atoms with Crippen LogP contribution in [0.3, 0.4) is 0 Å². The minimum absolute atomic E-state index is 0.102. The molecule has 0 unspecified atom stereocenters. The minimum Gasteiger partial charge on any atom is -0.354 e. The third-order valence-electron chi connectivity index (χ3n) is 5.70. The quantitative estimate of drug-likeness (QED) is 0.644. The molecule has 1 aliphatic heterocycles. The Morgan fingerprint density at radius 1 is 1.03 bits per heavy atom. The lowest BCUT2D eigenvalue weighted by molar-refractivity contribution is 0.0767. The van der Waals surface area contributed by atoms with E-state index in [4.69, 9.17) is 4.98 Å². The van der Waals surface area contributed by atoms with Crippen LogP contribution in [0, 0.1) is 31.0 Å². The van der Waals surface area contributed by atoms with Gasteiger partial charge < -0.3 is 9.80 Å². The molecule has 1 fully saturated rings. The Balaban J connectivity index is 1.59. The van der Waals surface area contributed by atoms with E-state index in [1.54, 1.807) is 4.90 Å². The molecule has 0 radical (unpaired) electrons. The zero-order chi connectivity index (χ0) is 21.3. The maximum atomic E-state index is 13.2. The molecule has 0 atom stereocenters. The standard InChI is InChI=1S/C24H23FN4O/c1-16-12-19-14-20(15-26)23(27-22(19)13-17(16)2)28-8-3-9-29(11-10-28)24(30)18-4-6-21(25)7-5-18/h4-7,12-14H,3,8-11H2,1-2H3. The van der Waals surface area contributed by atoms with Crippen molar-refractivity contribution in [1.82, 2.24) is 9.88 Å². The van der Waals surface area contributed by atoms with Crippen LogP contribution >= 0.6 is 0 Å². The monoisotopic (exact) mass is 402 g/mol. The molecule has 5 nitrogen and oxygen atoms in total. The zero-order valence-corrected chi connectivity index (χ0v) is 17.2. The summed E-state index contributed by atoms with van der Waals surface area (Å²) in [6.07, 6.45) is 0.768. The van der Waals surface area contributed by atoms with Crippen molar-refractivity contribution in [3.05, 3.63) is 70.5 Å². The number of nitriles is 1. The maximum Gasteiger partial charge on any atom is 0.253 e. The first-order valence-corrected chi connectivity index (χ1v) is 10.1. The number of halogens is 1. The van der Waals surface area contributed by atoms with Gasteiger partial charge >= 0.3 is 0 Å². The summed E-state index contributed by atoms with van der Waals surface area (Å²) < 4.78 is 13.2. The summed E-state index contributed by atoms with van der Waals surface area (Å²) >= 11 is 0. The van der Waals surface area contributed by atoms with Crippen LogP contribution in [0.5, 0.6) is 0 Å². The van der Waals surface area contributed by atoms with Crippen LogP contribution in [0.1, 0.15) is 33.5 Å². The summed E-state index contributed by atoms with van der Waals surface area (Å²) in [6, 6.07) is 13.9. The maximum absolute atomic E-state index is 13.2. The molecule has 3 aromatic rings. The second-order valence-corrected chi connectivity index (χ2v) is 7.74. The first-order valence-electron chi connectivity index (χ1n) is 10.1. The Hall–Kier alpha value is -3.46.